The van der Waals surface area contributed by atoms with Crippen molar-refractivity contribution in [2.75, 3.05) is 19.0 Å². The maximum absolute atomic E-state index is 12.8. The summed E-state index contributed by atoms with van der Waals surface area (Å²) in [5, 5.41) is 2.25. The zero-order chi connectivity index (χ0) is 22.0. The van der Waals surface area contributed by atoms with Crippen molar-refractivity contribution >= 4 is 72.4 Å². The first-order chi connectivity index (χ1) is 14.2. The van der Waals surface area contributed by atoms with E-state index >= 15 is 0 Å². The van der Waals surface area contributed by atoms with E-state index in [9.17, 15) is 14.4 Å². The first-order valence-electron chi connectivity index (χ1n) is 8.84. The minimum absolute atomic E-state index is 0.225. The Kier molecular flexibility index (Phi) is 7.05. The maximum Gasteiger partial charge on any atom is 0.294 e. The Morgan fingerprint density at radius 1 is 1.13 bits per heavy atom. The van der Waals surface area contributed by atoms with Crippen molar-refractivity contribution in [1.29, 1.82) is 0 Å². The van der Waals surface area contributed by atoms with Gasteiger partial charge in [-0.1, -0.05) is 22.0 Å². The van der Waals surface area contributed by atoms with Crippen LogP contribution in [0, 0.1) is 13.8 Å². The summed E-state index contributed by atoms with van der Waals surface area (Å²) in [5.74, 6) is -0.414. The first kappa shape index (κ1) is 22.6. The topological polar surface area (TPSA) is 75.7 Å². The second kappa shape index (κ2) is 9.36. The summed E-state index contributed by atoms with van der Waals surface area (Å²) in [7, 11) is 1.52. The van der Waals surface area contributed by atoms with Gasteiger partial charge in [0.05, 0.1) is 16.5 Å². The molecule has 1 heterocycles. The fourth-order valence-corrected chi connectivity index (χ4v) is 5.32. The van der Waals surface area contributed by atoms with Gasteiger partial charge in [-0.25, -0.2) is 0 Å². The van der Waals surface area contributed by atoms with Gasteiger partial charge < -0.3 is 10.1 Å². The molecule has 1 fully saturated rings. The molecule has 1 saturated heterocycles. The van der Waals surface area contributed by atoms with Crippen molar-refractivity contribution in [3.05, 3.63) is 60.9 Å². The molecule has 1 aliphatic heterocycles. The SMILES string of the molecule is COc1c(Br)cc(Br)cc1/C=C1/SC(=O)N(CC(=O)Nc2cc(C)cc(C)c2)C1=O. The standard InChI is InChI=1S/C21H18Br2N2O4S/c1-11-4-12(2)6-15(5-11)24-18(26)10-25-20(27)17(30-21(25)28)8-13-7-14(22)9-16(23)19(13)29-3/h4-9H,10H2,1-3H3,(H,24,26)/b17-8+. The number of imide groups is 1. The lowest BCUT2D eigenvalue weighted by Gasteiger charge is -2.13. The number of aryl methyl sites for hydroxylation is 2. The van der Waals surface area contributed by atoms with Gasteiger partial charge >= 0.3 is 0 Å². The number of benzene rings is 2. The Balaban J connectivity index is 1.78. The molecule has 0 spiro atoms. The van der Waals surface area contributed by atoms with Gasteiger partial charge in [0.1, 0.15) is 12.3 Å². The number of ether oxygens (including phenoxy) is 1. The zero-order valence-corrected chi connectivity index (χ0v) is 20.4. The molecule has 0 radical (unpaired) electrons. The van der Waals surface area contributed by atoms with E-state index in [2.05, 4.69) is 37.2 Å². The number of hydrogen-bond donors (Lipinski definition) is 1. The van der Waals surface area contributed by atoms with Gasteiger partial charge in [-0.05, 0) is 83.0 Å². The summed E-state index contributed by atoms with van der Waals surface area (Å²) in [6.07, 6.45) is 1.58. The van der Waals surface area contributed by atoms with Crippen LogP contribution in [0.4, 0.5) is 10.5 Å². The van der Waals surface area contributed by atoms with E-state index in [0.29, 0.717) is 21.5 Å². The van der Waals surface area contributed by atoms with Crippen LogP contribution < -0.4 is 10.1 Å². The number of halogens is 2. The Hall–Kier alpha value is -2.10. The summed E-state index contributed by atoms with van der Waals surface area (Å²) in [6, 6.07) is 9.25. The van der Waals surface area contributed by atoms with Gasteiger partial charge in [-0.15, -0.1) is 0 Å². The molecule has 1 aliphatic rings. The molecule has 0 bridgehead atoms. The molecule has 1 N–H and O–H groups in total. The van der Waals surface area contributed by atoms with Crippen LogP contribution in [-0.2, 0) is 9.59 Å². The molecule has 9 heteroatoms. The highest BCUT2D eigenvalue weighted by atomic mass is 79.9. The van der Waals surface area contributed by atoms with Crippen molar-refractivity contribution < 1.29 is 19.1 Å². The second-order valence-electron chi connectivity index (χ2n) is 6.70. The van der Waals surface area contributed by atoms with E-state index in [4.69, 9.17) is 4.74 Å². The fraction of sp³-hybridized carbons (Fsp3) is 0.190. The van der Waals surface area contributed by atoms with Crippen molar-refractivity contribution in [3.63, 3.8) is 0 Å². The molecule has 6 nitrogen and oxygen atoms in total. The number of hydrogen-bond acceptors (Lipinski definition) is 5. The van der Waals surface area contributed by atoms with Gasteiger partial charge in [-0.2, -0.15) is 0 Å². The number of rotatable bonds is 5. The van der Waals surface area contributed by atoms with Crippen LogP contribution in [0.1, 0.15) is 16.7 Å². The third-order valence-corrected chi connectivity index (χ3v) is 6.16. The zero-order valence-electron chi connectivity index (χ0n) is 16.4. The monoisotopic (exact) mass is 552 g/mol. The summed E-state index contributed by atoms with van der Waals surface area (Å²) in [6.45, 7) is 3.51. The van der Waals surface area contributed by atoms with Gasteiger partial charge in [-0.3, -0.25) is 19.3 Å². The smallest absolute Gasteiger partial charge is 0.294 e. The Bertz CT molecular complexity index is 1060. The van der Waals surface area contributed by atoms with E-state index in [1.54, 1.807) is 12.1 Å². The number of carbonyl (C=O) groups excluding carboxylic acids is 3. The van der Waals surface area contributed by atoms with E-state index in [1.807, 2.05) is 38.1 Å². The molecule has 0 aromatic heterocycles. The highest BCUT2D eigenvalue weighted by Crippen LogP contribution is 2.38. The van der Waals surface area contributed by atoms with Crippen LogP contribution >= 0.6 is 43.6 Å². The van der Waals surface area contributed by atoms with Crippen molar-refractivity contribution in [2.24, 2.45) is 0 Å². The third-order valence-electron chi connectivity index (χ3n) is 4.21. The average Bonchev–Trinajstić information content (AvgIpc) is 2.88. The third kappa shape index (κ3) is 5.14. The number of amides is 3. The number of methoxy groups -OCH3 is 1. The van der Waals surface area contributed by atoms with Gasteiger partial charge in [0.2, 0.25) is 5.91 Å². The van der Waals surface area contributed by atoms with Crippen LogP contribution in [0.25, 0.3) is 6.08 Å². The fourth-order valence-electron chi connectivity index (χ4n) is 3.07. The van der Waals surface area contributed by atoms with Crippen LogP contribution in [-0.4, -0.2) is 35.6 Å². The van der Waals surface area contributed by atoms with Crippen molar-refractivity contribution in [2.45, 2.75) is 13.8 Å². The highest BCUT2D eigenvalue weighted by Gasteiger charge is 2.36. The lowest BCUT2D eigenvalue weighted by molar-refractivity contribution is -0.127. The number of nitrogens with one attached hydrogen (secondary N) is 1. The van der Waals surface area contributed by atoms with Gasteiger partial charge in [0.15, 0.2) is 0 Å². The van der Waals surface area contributed by atoms with E-state index in [1.165, 1.54) is 7.11 Å². The predicted molar refractivity (Wildman–Crippen MR) is 126 cm³/mol. The van der Waals surface area contributed by atoms with E-state index < -0.39 is 17.1 Å². The first-order valence-corrected chi connectivity index (χ1v) is 11.2. The Morgan fingerprint density at radius 2 is 1.80 bits per heavy atom. The summed E-state index contributed by atoms with van der Waals surface area (Å²) in [5.41, 5.74) is 3.27. The summed E-state index contributed by atoms with van der Waals surface area (Å²) >= 11 is 7.61. The molecule has 0 saturated carbocycles. The number of nitrogens with zero attached hydrogens (tertiary/aromatic N) is 1. The largest absolute Gasteiger partial charge is 0.495 e. The number of carbonyl (C=O) groups is 3. The maximum atomic E-state index is 12.8. The molecule has 0 aliphatic carbocycles. The van der Waals surface area contributed by atoms with Crippen molar-refractivity contribution in [3.8, 4) is 5.75 Å². The highest BCUT2D eigenvalue weighted by molar-refractivity contribution is 9.11. The minimum atomic E-state index is -0.515. The lowest BCUT2D eigenvalue weighted by Crippen LogP contribution is -2.36. The summed E-state index contributed by atoms with van der Waals surface area (Å²) < 4.78 is 6.88. The molecule has 3 rings (SSSR count). The van der Waals surface area contributed by atoms with Crippen LogP contribution in [0.2, 0.25) is 0 Å². The lowest BCUT2D eigenvalue weighted by atomic mass is 10.1. The predicted octanol–water partition coefficient (Wildman–Crippen LogP) is 5.51. The van der Waals surface area contributed by atoms with E-state index in [0.717, 1.165) is 32.3 Å². The molecule has 0 atom stereocenters. The minimum Gasteiger partial charge on any atom is -0.495 e. The Morgan fingerprint density at radius 3 is 2.43 bits per heavy atom. The molecular weight excluding hydrogens is 536 g/mol. The summed E-state index contributed by atoms with van der Waals surface area (Å²) in [4.78, 5) is 38.7. The van der Waals surface area contributed by atoms with Gasteiger partial charge in [0, 0.05) is 15.7 Å². The number of anilines is 1. The van der Waals surface area contributed by atoms with Crippen molar-refractivity contribution in [1.82, 2.24) is 4.90 Å². The van der Waals surface area contributed by atoms with Crippen LogP contribution in [0.15, 0.2) is 44.2 Å². The van der Waals surface area contributed by atoms with Crippen LogP contribution in [0.3, 0.4) is 0 Å². The molecule has 30 heavy (non-hydrogen) atoms. The molecular formula is C21H18Br2N2O4S. The average molecular weight is 554 g/mol. The molecule has 3 amide bonds. The quantitative estimate of drug-likeness (QED) is 0.494. The van der Waals surface area contributed by atoms with Crippen LogP contribution in [0.5, 0.6) is 5.75 Å². The normalized spacial score (nSPS) is 15.1. The molecule has 156 valence electrons. The molecule has 0 unspecified atom stereocenters. The molecule has 2 aromatic rings. The second-order valence-corrected chi connectivity index (χ2v) is 9.47. The van der Waals surface area contributed by atoms with Gasteiger partial charge in [0.25, 0.3) is 11.1 Å². The molecule has 2 aromatic carbocycles. The van der Waals surface area contributed by atoms with E-state index in [-0.39, 0.29) is 11.4 Å². The number of thioether (sulfide) groups is 1. The Labute approximate surface area is 195 Å².